The summed E-state index contributed by atoms with van der Waals surface area (Å²) in [4.78, 5) is 4.18. The summed E-state index contributed by atoms with van der Waals surface area (Å²) in [7, 11) is 0. The van der Waals surface area contributed by atoms with E-state index in [0.29, 0.717) is 6.04 Å². The highest BCUT2D eigenvalue weighted by Crippen LogP contribution is 2.29. The number of anilines is 1. The number of hydrogen-bond acceptors (Lipinski definition) is 3. The van der Waals surface area contributed by atoms with Crippen LogP contribution in [0.1, 0.15) is 26.7 Å². The fraction of sp³-hybridized carbons (Fsp3) is 0.438. The van der Waals surface area contributed by atoms with Gasteiger partial charge >= 0.3 is 0 Å². The molecule has 0 amide bonds. The summed E-state index contributed by atoms with van der Waals surface area (Å²) >= 11 is 0. The summed E-state index contributed by atoms with van der Waals surface area (Å²) in [6, 6.07) is 8.87. The number of pyridine rings is 1. The van der Waals surface area contributed by atoms with Crippen LogP contribution in [0.25, 0.3) is 10.8 Å². The third-order valence-corrected chi connectivity index (χ3v) is 3.74. The first kappa shape index (κ1) is 12.4. The Balaban J connectivity index is 1.85. The van der Waals surface area contributed by atoms with Gasteiger partial charge in [-0.1, -0.05) is 12.1 Å². The fourth-order valence-corrected chi connectivity index (χ4v) is 2.82. The van der Waals surface area contributed by atoms with Crippen molar-refractivity contribution in [3.63, 3.8) is 0 Å². The van der Waals surface area contributed by atoms with Crippen LogP contribution in [0, 0.1) is 0 Å². The second-order valence-electron chi connectivity index (χ2n) is 5.84. The Labute approximate surface area is 114 Å². The molecule has 1 aromatic carbocycles. The van der Waals surface area contributed by atoms with Crippen LogP contribution >= 0.6 is 0 Å². The first-order chi connectivity index (χ1) is 9.14. The molecule has 1 atom stereocenters. The molecule has 19 heavy (non-hydrogen) atoms. The average molecular weight is 256 g/mol. The Morgan fingerprint density at radius 1 is 1.32 bits per heavy atom. The molecule has 0 aliphatic carbocycles. The predicted octanol–water partition coefficient (Wildman–Crippen LogP) is 3.60. The molecule has 2 aromatic rings. The van der Waals surface area contributed by atoms with E-state index in [4.69, 9.17) is 4.74 Å². The highest BCUT2D eigenvalue weighted by Gasteiger charge is 2.28. The molecule has 1 N–H and O–H groups in total. The number of nitrogens with one attached hydrogen (secondary N) is 1. The number of fused-ring (bicyclic) bond motifs is 1. The number of nitrogens with zero attached hydrogens (tertiary/aromatic N) is 1. The maximum Gasteiger partial charge on any atom is 0.0646 e. The van der Waals surface area contributed by atoms with Crippen LogP contribution in [-0.4, -0.2) is 23.2 Å². The van der Waals surface area contributed by atoms with E-state index in [0.717, 1.165) is 19.4 Å². The molecule has 1 aliphatic rings. The first-order valence-corrected chi connectivity index (χ1v) is 6.87. The van der Waals surface area contributed by atoms with Crippen molar-refractivity contribution in [3.05, 3.63) is 36.7 Å². The summed E-state index contributed by atoms with van der Waals surface area (Å²) in [5, 5.41) is 6.09. The quantitative estimate of drug-likeness (QED) is 0.891. The van der Waals surface area contributed by atoms with E-state index in [1.165, 1.54) is 16.5 Å². The van der Waals surface area contributed by atoms with E-state index in [-0.39, 0.29) is 5.60 Å². The smallest absolute Gasteiger partial charge is 0.0646 e. The monoisotopic (exact) mass is 256 g/mol. The van der Waals surface area contributed by atoms with E-state index in [9.17, 15) is 0 Å². The Morgan fingerprint density at radius 3 is 3.05 bits per heavy atom. The summed E-state index contributed by atoms with van der Waals surface area (Å²) in [5.74, 6) is 0. The first-order valence-electron chi connectivity index (χ1n) is 6.87. The molecule has 2 heterocycles. The fourth-order valence-electron chi connectivity index (χ4n) is 2.82. The van der Waals surface area contributed by atoms with Gasteiger partial charge < -0.3 is 10.1 Å². The van der Waals surface area contributed by atoms with E-state index < -0.39 is 0 Å². The summed E-state index contributed by atoms with van der Waals surface area (Å²) in [6.07, 6.45) is 5.86. The summed E-state index contributed by atoms with van der Waals surface area (Å²) in [6.45, 7) is 5.15. The van der Waals surface area contributed by atoms with E-state index in [2.05, 4.69) is 48.4 Å². The highest BCUT2D eigenvalue weighted by molar-refractivity contribution is 5.93. The van der Waals surface area contributed by atoms with Gasteiger partial charge in [-0.05, 0) is 38.8 Å². The molecule has 1 fully saturated rings. The molecule has 0 radical (unpaired) electrons. The van der Waals surface area contributed by atoms with E-state index in [1.54, 1.807) is 0 Å². The van der Waals surface area contributed by atoms with Gasteiger partial charge in [0.2, 0.25) is 0 Å². The van der Waals surface area contributed by atoms with Crippen LogP contribution in [0.5, 0.6) is 0 Å². The minimum atomic E-state index is -0.0257. The number of hydrogen-bond donors (Lipinski definition) is 1. The van der Waals surface area contributed by atoms with Crippen molar-refractivity contribution in [2.75, 3.05) is 11.9 Å². The molecule has 1 aromatic heterocycles. The van der Waals surface area contributed by atoms with Crippen LogP contribution in [-0.2, 0) is 4.74 Å². The van der Waals surface area contributed by atoms with Crippen molar-refractivity contribution in [2.24, 2.45) is 0 Å². The lowest BCUT2D eigenvalue weighted by molar-refractivity contribution is -0.0553. The van der Waals surface area contributed by atoms with Crippen LogP contribution in [0.2, 0.25) is 0 Å². The number of rotatable bonds is 2. The molecule has 3 heteroatoms. The second-order valence-corrected chi connectivity index (χ2v) is 5.84. The van der Waals surface area contributed by atoms with Crippen molar-refractivity contribution in [2.45, 2.75) is 38.3 Å². The van der Waals surface area contributed by atoms with Gasteiger partial charge in [-0.2, -0.15) is 0 Å². The molecule has 0 saturated carbocycles. The van der Waals surface area contributed by atoms with Gasteiger partial charge in [-0.3, -0.25) is 4.98 Å². The van der Waals surface area contributed by atoms with Gasteiger partial charge in [0, 0.05) is 41.5 Å². The molecule has 3 rings (SSSR count). The lowest BCUT2D eigenvalue weighted by Crippen LogP contribution is -2.40. The van der Waals surface area contributed by atoms with Crippen molar-refractivity contribution < 1.29 is 4.74 Å². The third kappa shape index (κ3) is 2.71. The largest absolute Gasteiger partial charge is 0.382 e. The Kier molecular flexibility index (Phi) is 3.15. The van der Waals surface area contributed by atoms with Gasteiger partial charge in [-0.15, -0.1) is 0 Å². The lowest BCUT2D eigenvalue weighted by Gasteiger charge is -2.36. The Hall–Kier alpha value is -1.61. The van der Waals surface area contributed by atoms with Crippen molar-refractivity contribution in [3.8, 4) is 0 Å². The van der Waals surface area contributed by atoms with Gasteiger partial charge in [0.25, 0.3) is 0 Å². The van der Waals surface area contributed by atoms with Gasteiger partial charge in [0.15, 0.2) is 0 Å². The zero-order valence-electron chi connectivity index (χ0n) is 11.5. The van der Waals surface area contributed by atoms with Gasteiger partial charge in [-0.25, -0.2) is 0 Å². The molecule has 1 saturated heterocycles. The minimum Gasteiger partial charge on any atom is -0.382 e. The molecule has 0 bridgehead atoms. The van der Waals surface area contributed by atoms with Crippen molar-refractivity contribution in [1.82, 2.24) is 4.98 Å². The van der Waals surface area contributed by atoms with E-state index in [1.807, 2.05) is 12.4 Å². The van der Waals surface area contributed by atoms with Crippen LogP contribution < -0.4 is 5.32 Å². The minimum absolute atomic E-state index is 0.0257. The Bertz CT molecular complexity index is 574. The topological polar surface area (TPSA) is 34.2 Å². The van der Waals surface area contributed by atoms with Crippen molar-refractivity contribution in [1.29, 1.82) is 0 Å². The van der Waals surface area contributed by atoms with Crippen LogP contribution in [0.15, 0.2) is 36.7 Å². The van der Waals surface area contributed by atoms with Gasteiger partial charge in [0.05, 0.1) is 5.60 Å². The Morgan fingerprint density at radius 2 is 2.21 bits per heavy atom. The third-order valence-electron chi connectivity index (χ3n) is 3.74. The average Bonchev–Trinajstić information content (AvgIpc) is 2.38. The highest BCUT2D eigenvalue weighted by atomic mass is 16.5. The summed E-state index contributed by atoms with van der Waals surface area (Å²) in [5.41, 5.74) is 1.17. The second kappa shape index (κ2) is 4.82. The maximum absolute atomic E-state index is 5.77. The zero-order valence-corrected chi connectivity index (χ0v) is 11.5. The molecule has 0 spiro atoms. The molecular formula is C16H20N2O. The molecular weight excluding hydrogens is 236 g/mol. The SMILES string of the molecule is CC1(C)CC(Nc2cccc3cnccc23)CCO1. The number of aromatic nitrogens is 1. The van der Waals surface area contributed by atoms with Crippen LogP contribution in [0.4, 0.5) is 5.69 Å². The normalized spacial score (nSPS) is 22.3. The van der Waals surface area contributed by atoms with Crippen LogP contribution in [0.3, 0.4) is 0 Å². The standard InChI is InChI=1S/C16H20N2O/c1-16(2)10-13(7-9-19-16)18-15-5-3-4-12-11-17-8-6-14(12)15/h3-6,8,11,13,18H,7,9-10H2,1-2H3. The van der Waals surface area contributed by atoms with E-state index >= 15 is 0 Å². The summed E-state index contributed by atoms with van der Waals surface area (Å²) < 4.78 is 5.77. The van der Waals surface area contributed by atoms with Gasteiger partial charge in [0.1, 0.15) is 0 Å². The molecule has 1 unspecified atom stereocenters. The molecule has 1 aliphatic heterocycles. The maximum atomic E-state index is 5.77. The number of ether oxygens (including phenoxy) is 1. The van der Waals surface area contributed by atoms with Crippen molar-refractivity contribution >= 4 is 16.5 Å². The molecule has 100 valence electrons. The molecule has 3 nitrogen and oxygen atoms in total. The predicted molar refractivity (Wildman–Crippen MR) is 78.4 cm³/mol. The lowest BCUT2D eigenvalue weighted by atomic mass is 9.93. The number of benzene rings is 1. The zero-order chi connectivity index (χ0) is 13.3.